The highest BCUT2D eigenvalue weighted by Crippen LogP contribution is 2.12. The van der Waals surface area contributed by atoms with Crippen LogP contribution in [-0.4, -0.2) is 6.15 Å². The second-order valence-corrected chi connectivity index (χ2v) is 9.30. The number of nitrogens with one attached hydrogen (secondary N) is 1. The summed E-state index contributed by atoms with van der Waals surface area (Å²) >= 11 is 1.73. The van der Waals surface area contributed by atoms with Gasteiger partial charge in [0.1, 0.15) is 10.8 Å². The van der Waals surface area contributed by atoms with Crippen LogP contribution in [0.5, 0.6) is 0 Å². The summed E-state index contributed by atoms with van der Waals surface area (Å²) in [7, 11) is 0. The van der Waals surface area contributed by atoms with Crippen LogP contribution in [0.3, 0.4) is 0 Å². The van der Waals surface area contributed by atoms with Crippen molar-refractivity contribution >= 4 is 49.6 Å². The van der Waals surface area contributed by atoms with Gasteiger partial charge in [0.25, 0.3) is 0 Å². The highest BCUT2D eigenvalue weighted by Gasteiger charge is 2.30. The third kappa shape index (κ3) is 4.31. The molecule has 0 saturated heterocycles. The van der Waals surface area contributed by atoms with Crippen molar-refractivity contribution in [3.05, 3.63) is 151 Å². The van der Waals surface area contributed by atoms with Gasteiger partial charge in [-0.1, -0.05) is 145 Å². The Kier molecular flexibility index (Phi) is 6.65. The number of aromatic nitrogens is 1. The summed E-state index contributed by atoms with van der Waals surface area (Å²) < 4.78 is 1.32. The van der Waals surface area contributed by atoms with Crippen molar-refractivity contribution in [2.45, 2.75) is 0 Å². The molecular formula is C31H26BNS. The highest BCUT2D eigenvalue weighted by atomic mass is 32.1. The molecule has 0 atom stereocenters. The van der Waals surface area contributed by atoms with Gasteiger partial charge in [0, 0.05) is 6.07 Å². The molecule has 0 amide bonds. The molecule has 0 aliphatic rings. The molecule has 0 radical (unpaired) electrons. The van der Waals surface area contributed by atoms with E-state index in [9.17, 15) is 0 Å². The number of rotatable bonds is 4. The first kappa shape index (κ1) is 21.9. The zero-order valence-corrected chi connectivity index (χ0v) is 19.7. The second kappa shape index (κ2) is 10.3. The van der Waals surface area contributed by atoms with E-state index in [-0.39, 0.29) is 0 Å². The smallest absolute Gasteiger partial charge is 0.201 e. The van der Waals surface area contributed by atoms with Gasteiger partial charge in [-0.2, -0.15) is 21.9 Å². The zero-order chi connectivity index (χ0) is 23.1. The lowest BCUT2D eigenvalue weighted by atomic mass is 9.13. The van der Waals surface area contributed by atoms with E-state index in [1.54, 1.807) is 11.3 Å². The number of hydrogen-bond acceptors (Lipinski definition) is 1. The first-order chi connectivity index (χ1) is 16.9. The quantitative estimate of drug-likeness (QED) is 0.340. The third-order valence-corrected chi connectivity index (χ3v) is 7.33. The molecule has 3 heteroatoms. The van der Waals surface area contributed by atoms with Crippen LogP contribution < -0.4 is 26.8 Å². The van der Waals surface area contributed by atoms with Crippen molar-refractivity contribution in [2.75, 3.05) is 0 Å². The zero-order valence-electron chi connectivity index (χ0n) is 18.9. The first-order valence-corrected chi connectivity index (χ1v) is 12.5. The predicted molar refractivity (Wildman–Crippen MR) is 148 cm³/mol. The van der Waals surface area contributed by atoms with Crippen LogP contribution in [0.2, 0.25) is 0 Å². The topological polar surface area (TPSA) is 14.1 Å². The number of aromatic amines is 1. The van der Waals surface area contributed by atoms with Crippen LogP contribution in [-0.2, 0) is 0 Å². The monoisotopic (exact) mass is 455 g/mol. The lowest BCUT2D eigenvalue weighted by Crippen LogP contribution is -2.74. The molecule has 0 fully saturated rings. The van der Waals surface area contributed by atoms with E-state index in [2.05, 4.69) is 138 Å². The summed E-state index contributed by atoms with van der Waals surface area (Å²) in [5, 5.41) is 0. The summed E-state index contributed by atoms with van der Waals surface area (Å²) in [6.45, 7) is 0. The maximum atomic E-state index is 3.14. The molecular weight excluding hydrogens is 429 g/mol. The fourth-order valence-electron chi connectivity index (χ4n) is 4.97. The molecule has 6 aromatic rings. The molecule has 0 aliphatic carbocycles. The molecule has 0 unspecified atom stereocenters. The number of fused-ring (bicyclic) bond motifs is 1. The average molecular weight is 455 g/mol. The van der Waals surface area contributed by atoms with Gasteiger partial charge in [-0.25, -0.2) is 4.98 Å². The van der Waals surface area contributed by atoms with Gasteiger partial charge in [0.2, 0.25) is 11.0 Å². The van der Waals surface area contributed by atoms with Crippen LogP contribution in [0.1, 0.15) is 0 Å². The van der Waals surface area contributed by atoms with Crippen LogP contribution in [0.4, 0.5) is 0 Å². The normalized spacial score (nSPS) is 10.9. The number of para-hydroxylation sites is 1. The Morgan fingerprint density at radius 2 is 0.765 bits per heavy atom. The second-order valence-electron chi connectivity index (χ2n) is 8.38. The van der Waals surface area contributed by atoms with Crippen molar-refractivity contribution in [3.63, 3.8) is 0 Å². The standard InChI is InChI=1S/C24H20B.C7H5NS/c1-5-13-21(14-6-1)25(22-15-7-2-8-16-22,23-17-9-3-10-18-23)24-19-11-4-12-20-24;1-2-4-7-6(3-1)8-5-9-7/h1-20H;1-5H/q-1;/p+1. The summed E-state index contributed by atoms with van der Waals surface area (Å²) in [6.07, 6.45) is -1.22. The van der Waals surface area contributed by atoms with E-state index < -0.39 is 6.15 Å². The molecule has 1 aromatic heterocycles. The molecule has 164 valence electrons. The average Bonchev–Trinajstić information content (AvgIpc) is 3.41. The largest absolute Gasteiger partial charge is 0.224 e. The number of benzene rings is 5. The van der Waals surface area contributed by atoms with E-state index in [0.29, 0.717) is 0 Å². The maximum absolute atomic E-state index is 3.14. The lowest BCUT2D eigenvalue weighted by Gasteiger charge is -2.44. The molecule has 5 aromatic carbocycles. The van der Waals surface area contributed by atoms with Gasteiger partial charge in [-0.3, -0.25) is 0 Å². The van der Waals surface area contributed by atoms with Gasteiger partial charge in [-0.15, -0.1) is 0 Å². The maximum Gasteiger partial charge on any atom is 0.224 e. The Bertz CT molecular complexity index is 1240. The van der Waals surface area contributed by atoms with Gasteiger partial charge in [-0.05, 0) is 6.07 Å². The fourth-order valence-corrected chi connectivity index (χ4v) is 5.69. The van der Waals surface area contributed by atoms with E-state index in [1.807, 2.05) is 17.6 Å². The minimum Gasteiger partial charge on any atom is -0.201 e. The Labute approximate surface area is 205 Å². The van der Waals surface area contributed by atoms with Crippen molar-refractivity contribution in [1.82, 2.24) is 0 Å². The summed E-state index contributed by atoms with van der Waals surface area (Å²) in [5.41, 5.74) is 8.57. The third-order valence-electron chi connectivity index (χ3n) is 6.49. The van der Waals surface area contributed by atoms with Crippen molar-refractivity contribution < 1.29 is 4.98 Å². The minimum atomic E-state index is -1.22. The molecule has 0 spiro atoms. The van der Waals surface area contributed by atoms with Gasteiger partial charge < -0.3 is 0 Å². The highest BCUT2D eigenvalue weighted by molar-refractivity contribution is 7.19. The number of hydrogen-bond donors (Lipinski definition) is 0. The molecule has 6 rings (SSSR count). The van der Waals surface area contributed by atoms with Crippen molar-refractivity contribution in [2.24, 2.45) is 0 Å². The molecule has 34 heavy (non-hydrogen) atoms. The van der Waals surface area contributed by atoms with Crippen molar-refractivity contribution in [1.29, 1.82) is 0 Å². The molecule has 0 saturated carbocycles. The Morgan fingerprint density at radius 3 is 1.15 bits per heavy atom. The van der Waals surface area contributed by atoms with Gasteiger partial charge >= 0.3 is 0 Å². The molecule has 0 aliphatic heterocycles. The fraction of sp³-hybridized carbons (Fsp3) is 0. The number of thiazole rings is 1. The first-order valence-electron chi connectivity index (χ1n) is 11.6. The summed E-state index contributed by atoms with van der Waals surface area (Å²) in [4.78, 5) is 3.14. The van der Waals surface area contributed by atoms with Crippen molar-refractivity contribution in [3.8, 4) is 0 Å². The Balaban J connectivity index is 0.000000222. The van der Waals surface area contributed by atoms with E-state index in [0.717, 1.165) is 0 Å². The predicted octanol–water partition coefficient (Wildman–Crippen LogP) is 4.78. The molecule has 1 N–H and O–H groups in total. The number of H-pyrrole nitrogens is 1. The van der Waals surface area contributed by atoms with E-state index in [4.69, 9.17) is 0 Å². The van der Waals surface area contributed by atoms with E-state index in [1.165, 1.54) is 32.1 Å². The minimum absolute atomic E-state index is 1.22. The van der Waals surface area contributed by atoms with Crippen LogP contribution >= 0.6 is 11.3 Å². The van der Waals surface area contributed by atoms with Crippen LogP contribution in [0.15, 0.2) is 151 Å². The Hall–Kier alpha value is -3.95. The molecule has 0 bridgehead atoms. The lowest BCUT2D eigenvalue weighted by molar-refractivity contribution is -0.338. The summed E-state index contributed by atoms with van der Waals surface area (Å²) in [6, 6.07) is 51.8. The van der Waals surface area contributed by atoms with E-state index >= 15 is 0 Å². The SMILES string of the molecule is c1ccc([B-](c2ccccc2)(c2ccccc2)c2ccccc2)cc1.c1ccc2sc[nH+]c2c1. The molecule has 1 nitrogen and oxygen atoms in total. The molecule has 1 heterocycles. The van der Waals surface area contributed by atoms with Crippen LogP contribution in [0, 0.1) is 0 Å². The summed E-state index contributed by atoms with van der Waals surface area (Å²) in [5.74, 6) is 0. The van der Waals surface area contributed by atoms with Gasteiger partial charge in [0.05, 0.1) is 0 Å². The Morgan fingerprint density at radius 1 is 0.412 bits per heavy atom. The van der Waals surface area contributed by atoms with Crippen LogP contribution in [0.25, 0.3) is 10.2 Å². The van der Waals surface area contributed by atoms with Gasteiger partial charge in [0.15, 0.2) is 0 Å².